The lowest BCUT2D eigenvalue weighted by molar-refractivity contribution is 0.186. The Hall–Kier alpha value is -1.79. The average Bonchev–Trinajstić information content (AvgIpc) is 2.80. The largest absolute Gasteiger partial charge is 0.499 e. The Morgan fingerprint density at radius 3 is 2.04 bits per heavy atom. The van der Waals surface area contributed by atoms with Crippen LogP contribution < -0.4 is 10.6 Å². The van der Waals surface area contributed by atoms with E-state index < -0.39 is 7.14 Å². The van der Waals surface area contributed by atoms with Crippen LogP contribution in [0.2, 0.25) is 0 Å². The van der Waals surface area contributed by atoms with Crippen molar-refractivity contribution >= 4 is 17.8 Å². The standard InChI is InChI=1S/C23H29O2P/c1-4-25-19-12-11-17-22(23(2,3)18-19)26(24,20-13-7-5-8-14-20)21-15-9-6-10-16-21/h5-10,12-16,22H,4,11,17-18H2,1-3H3. The molecule has 1 aliphatic carbocycles. The smallest absolute Gasteiger partial charge is 0.146 e. The Bertz CT molecular complexity index is 750. The Kier molecular flexibility index (Phi) is 5.73. The highest BCUT2D eigenvalue weighted by molar-refractivity contribution is 7.79. The van der Waals surface area contributed by atoms with E-state index in [0.717, 1.165) is 35.6 Å². The maximum Gasteiger partial charge on any atom is 0.146 e. The minimum atomic E-state index is -2.78. The lowest BCUT2D eigenvalue weighted by atomic mass is 9.84. The molecule has 0 spiro atoms. The Morgan fingerprint density at radius 1 is 1.00 bits per heavy atom. The molecule has 0 saturated carbocycles. The lowest BCUT2D eigenvalue weighted by Gasteiger charge is -2.39. The second kappa shape index (κ2) is 7.84. The predicted molar refractivity (Wildman–Crippen MR) is 111 cm³/mol. The van der Waals surface area contributed by atoms with Crippen molar-refractivity contribution in [1.29, 1.82) is 0 Å². The molecule has 1 unspecified atom stereocenters. The molecule has 3 heteroatoms. The fourth-order valence-electron chi connectivity index (χ4n) is 4.21. The van der Waals surface area contributed by atoms with E-state index in [1.807, 2.05) is 67.6 Å². The first-order valence-electron chi connectivity index (χ1n) is 9.51. The molecule has 1 aliphatic rings. The molecule has 0 fully saturated rings. The van der Waals surface area contributed by atoms with Gasteiger partial charge in [-0.25, -0.2) is 0 Å². The molecule has 2 nitrogen and oxygen atoms in total. The van der Waals surface area contributed by atoms with Gasteiger partial charge in [0, 0.05) is 22.7 Å². The zero-order valence-electron chi connectivity index (χ0n) is 16.0. The Labute approximate surface area is 157 Å². The first-order chi connectivity index (χ1) is 12.5. The van der Waals surface area contributed by atoms with Crippen molar-refractivity contribution in [2.24, 2.45) is 5.41 Å². The molecule has 2 aromatic carbocycles. The van der Waals surface area contributed by atoms with Gasteiger partial charge in [0.25, 0.3) is 0 Å². The summed E-state index contributed by atoms with van der Waals surface area (Å²) >= 11 is 0. The van der Waals surface area contributed by atoms with Crippen molar-refractivity contribution in [2.75, 3.05) is 6.61 Å². The van der Waals surface area contributed by atoms with E-state index in [4.69, 9.17) is 4.74 Å². The summed E-state index contributed by atoms with van der Waals surface area (Å²) in [6, 6.07) is 20.1. The van der Waals surface area contributed by atoms with E-state index in [1.165, 1.54) is 0 Å². The highest BCUT2D eigenvalue weighted by Gasteiger charge is 2.46. The second-order valence-corrected chi connectivity index (χ2v) is 10.7. The first-order valence-corrected chi connectivity index (χ1v) is 11.3. The number of ether oxygens (including phenoxy) is 1. The molecule has 26 heavy (non-hydrogen) atoms. The van der Waals surface area contributed by atoms with Crippen LogP contribution in [0, 0.1) is 5.41 Å². The van der Waals surface area contributed by atoms with E-state index >= 15 is 0 Å². The van der Waals surface area contributed by atoms with Crippen LogP contribution in [0.1, 0.15) is 40.0 Å². The number of hydrogen-bond acceptors (Lipinski definition) is 2. The molecule has 0 radical (unpaired) electrons. The van der Waals surface area contributed by atoms with Gasteiger partial charge in [-0.1, -0.05) is 74.5 Å². The number of hydrogen-bond donors (Lipinski definition) is 0. The first kappa shape index (κ1) is 19.0. The minimum absolute atomic E-state index is 0.0778. The lowest BCUT2D eigenvalue weighted by Crippen LogP contribution is -2.36. The minimum Gasteiger partial charge on any atom is -0.499 e. The van der Waals surface area contributed by atoms with Gasteiger partial charge in [-0.05, 0) is 31.3 Å². The summed E-state index contributed by atoms with van der Waals surface area (Å²) in [6.45, 7) is 7.19. The van der Waals surface area contributed by atoms with Crippen molar-refractivity contribution in [1.82, 2.24) is 0 Å². The molecule has 0 saturated heterocycles. The molecular formula is C23H29O2P. The SMILES string of the molecule is CCOC1=CCCC(P(=O)(c2ccccc2)c2ccccc2)C(C)(C)C1. The molecule has 0 amide bonds. The van der Waals surface area contributed by atoms with Crippen LogP contribution in [0.15, 0.2) is 72.5 Å². The van der Waals surface area contributed by atoms with Gasteiger partial charge in [0.1, 0.15) is 7.14 Å². The molecule has 3 rings (SSSR count). The molecule has 0 aliphatic heterocycles. The van der Waals surface area contributed by atoms with E-state index in [-0.39, 0.29) is 11.1 Å². The van der Waals surface area contributed by atoms with E-state index in [9.17, 15) is 4.57 Å². The van der Waals surface area contributed by atoms with E-state index in [0.29, 0.717) is 6.61 Å². The van der Waals surface area contributed by atoms with Gasteiger partial charge in [-0.3, -0.25) is 0 Å². The van der Waals surface area contributed by atoms with Crippen molar-refractivity contribution in [2.45, 2.75) is 45.7 Å². The van der Waals surface area contributed by atoms with Crippen LogP contribution in [0.3, 0.4) is 0 Å². The van der Waals surface area contributed by atoms with Crippen LogP contribution >= 0.6 is 7.14 Å². The van der Waals surface area contributed by atoms with Gasteiger partial charge >= 0.3 is 0 Å². The molecule has 1 atom stereocenters. The van der Waals surface area contributed by atoms with Gasteiger partial charge in [-0.15, -0.1) is 0 Å². The van der Waals surface area contributed by atoms with Gasteiger partial charge in [0.2, 0.25) is 0 Å². The van der Waals surface area contributed by atoms with Crippen LogP contribution in [-0.2, 0) is 9.30 Å². The average molecular weight is 368 g/mol. The summed E-state index contributed by atoms with van der Waals surface area (Å²) in [5, 5.41) is 1.92. The molecule has 138 valence electrons. The fraction of sp³-hybridized carbons (Fsp3) is 0.391. The van der Waals surface area contributed by atoms with Crippen molar-refractivity contribution in [3.05, 3.63) is 72.5 Å². The topological polar surface area (TPSA) is 26.3 Å². The monoisotopic (exact) mass is 368 g/mol. The van der Waals surface area contributed by atoms with Crippen LogP contribution in [0.5, 0.6) is 0 Å². The third-order valence-corrected chi connectivity index (χ3v) is 9.36. The van der Waals surface area contributed by atoms with Crippen LogP contribution in [0.25, 0.3) is 0 Å². The number of allylic oxidation sites excluding steroid dienone is 2. The molecule has 2 aromatic rings. The quantitative estimate of drug-likeness (QED) is 0.652. The van der Waals surface area contributed by atoms with Crippen molar-refractivity contribution < 1.29 is 9.30 Å². The zero-order chi connectivity index (χ0) is 18.6. The van der Waals surface area contributed by atoms with E-state index in [1.54, 1.807) is 0 Å². The fourth-order valence-corrected chi connectivity index (χ4v) is 8.05. The second-order valence-electron chi connectivity index (χ2n) is 7.69. The normalized spacial score (nSPS) is 20.1. The number of benzene rings is 2. The summed E-state index contributed by atoms with van der Waals surface area (Å²) in [6.07, 6.45) is 4.85. The third-order valence-electron chi connectivity index (χ3n) is 5.39. The zero-order valence-corrected chi connectivity index (χ0v) is 16.9. The van der Waals surface area contributed by atoms with Gasteiger partial charge in [0.15, 0.2) is 0 Å². The molecular weight excluding hydrogens is 339 g/mol. The Balaban J connectivity index is 2.10. The molecule has 0 bridgehead atoms. The van der Waals surface area contributed by atoms with Gasteiger partial charge in [0.05, 0.1) is 12.4 Å². The summed E-state index contributed by atoms with van der Waals surface area (Å²) in [5.74, 6) is 1.05. The van der Waals surface area contributed by atoms with E-state index in [2.05, 4.69) is 19.9 Å². The number of rotatable bonds is 5. The highest BCUT2D eigenvalue weighted by Crippen LogP contribution is 2.59. The summed E-state index contributed by atoms with van der Waals surface area (Å²) < 4.78 is 20.6. The van der Waals surface area contributed by atoms with Gasteiger partial charge in [-0.2, -0.15) is 0 Å². The summed E-state index contributed by atoms with van der Waals surface area (Å²) in [4.78, 5) is 0. The third kappa shape index (κ3) is 3.67. The van der Waals surface area contributed by atoms with Crippen molar-refractivity contribution in [3.8, 4) is 0 Å². The summed E-state index contributed by atoms with van der Waals surface area (Å²) in [7, 11) is -2.78. The maximum atomic E-state index is 14.7. The van der Waals surface area contributed by atoms with Crippen LogP contribution in [-0.4, -0.2) is 12.3 Å². The molecule has 0 aromatic heterocycles. The van der Waals surface area contributed by atoms with Crippen LogP contribution in [0.4, 0.5) is 0 Å². The maximum absolute atomic E-state index is 14.7. The molecule has 0 N–H and O–H groups in total. The molecule has 0 heterocycles. The predicted octanol–water partition coefficient (Wildman–Crippen LogP) is 5.50. The van der Waals surface area contributed by atoms with Gasteiger partial charge < -0.3 is 9.30 Å². The summed E-state index contributed by atoms with van der Waals surface area (Å²) in [5.41, 5.74) is -0.0346. The van der Waals surface area contributed by atoms with Crippen molar-refractivity contribution in [3.63, 3.8) is 0 Å². The highest BCUT2D eigenvalue weighted by atomic mass is 31.2. The Morgan fingerprint density at radius 2 is 1.54 bits per heavy atom.